The molecule has 0 aromatic carbocycles. The van der Waals surface area contributed by atoms with Gasteiger partial charge in [-0.25, -0.2) is 0 Å². The molecule has 1 aliphatic carbocycles. The molecule has 2 fully saturated rings. The quantitative estimate of drug-likeness (QED) is 0.650. The third-order valence-corrected chi connectivity index (χ3v) is 3.42. The van der Waals surface area contributed by atoms with Crippen LogP contribution < -0.4 is 10.6 Å². The standard InChI is InChI=1S/C12H23N3O/c1-2-5-15(11-7-13-8-11)9-12(16)14-6-10-3-4-10/h10-11,13H,2-9H2,1H3,(H,14,16). The van der Waals surface area contributed by atoms with Crippen molar-refractivity contribution in [2.24, 2.45) is 5.92 Å². The van der Waals surface area contributed by atoms with E-state index in [9.17, 15) is 4.79 Å². The Labute approximate surface area is 97.8 Å². The predicted molar refractivity (Wildman–Crippen MR) is 64.3 cm³/mol. The van der Waals surface area contributed by atoms with Gasteiger partial charge in [-0.3, -0.25) is 9.69 Å². The van der Waals surface area contributed by atoms with E-state index in [-0.39, 0.29) is 5.91 Å². The van der Waals surface area contributed by atoms with E-state index >= 15 is 0 Å². The molecule has 1 saturated heterocycles. The van der Waals surface area contributed by atoms with Crippen LogP contribution in [0.15, 0.2) is 0 Å². The van der Waals surface area contributed by atoms with Crippen LogP contribution in [0.2, 0.25) is 0 Å². The maximum Gasteiger partial charge on any atom is 0.234 e. The van der Waals surface area contributed by atoms with Crippen molar-refractivity contribution in [3.63, 3.8) is 0 Å². The maximum absolute atomic E-state index is 11.7. The lowest BCUT2D eigenvalue weighted by Crippen LogP contribution is -2.59. The molecule has 0 aromatic heterocycles. The minimum Gasteiger partial charge on any atom is -0.355 e. The molecule has 1 saturated carbocycles. The number of amides is 1. The van der Waals surface area contributed by atoms with Gasteiger partial charge in [0.2, 0.25) is 5.91 Å². The molecule has 2 aliphatic rings. The van der Waals surface area contributed by atoms with Gasteiger partial charge in [0, 0.05) is 25.7 Å². The molecule has 1 aliphatic heterocycles. The normalized spacial score (nSPS) is 20.9. The van der Waals surface area contributed by atoms with Crippen LogP contribution in [0.5, 0.6) is 0 Å². The van der Waals surface area contributed by atoms with Gasteiger partial charge in [-0.05, 0) is 31.7 Å². The Morgan fingerprint density at radius 3 is 2.69 bits per heavy atom. The summed E-state index contributed by atoms with van der Waals surface area (Å²) in [7, 11) is 0. The molecule has 4 heteroatoms. The van der Waals surface area contributed by atoms with Gasteiger partial charge in [0.05, 0.1) is 6.54 Å². The van der Waals surface area contributed by atoms with E-state index in [0.29, 0.717) is 12.6 Å². The van der Waals surface area contributed by atoms with Crippen molar-refractivity contribution in [1.82, 2.24) is 15.5 Å². The smallest absolute Gasteiger partial charge is 0.234 e. The van der Waals surface area contributed by atoms with Crippen molar-refractivity contribution in [2.45, 2.75) is 32.2 Å². The Balaban J connectivity index is 1.67. The lowest BCUT2D eigenvalue weighted by atomic mass is 10.1. The number of carbonyl (C=O) groups excluding carboxylic acids is 1. The third kappa shape index (κ3) is 3.46. The highest BCUT2D eigenvalue weighted by Crippen LogP contribution is 2.27. The Bertz CT molecular complexity index is 236. The van der Waals surface area contributed by atoms with E-state index < -0.39 is 0 Å². The van der Waals surface area contributed by atoms with Crippen LogP contribution >= 0.6 is 0 Å². The van der Waals surface area contributed by atoms with Crippen LogP contribution in [0, 0.1) is 5.92 Å². The van der Waals surface area contributed by atoms with Crippen LogP contribution in [0.4, 0.5) is 0 Å². The van der Waals surface area contributed by atoms with Crippen LogP contribution in [0.3, 0.4) is 0 Å². The van der Waals surface area contributed by atoms with E-state index in [1.54, 1.807) is 0 Å². The molecule has 0 aromatic rings. The fraction of sp³-hybridized carbons (Fsp3) is 0.917. The monoisotopic (exact) mass is 225 g/mol. The van der Waals surface area contributed by atoms with Gasteiger partial charge in [0.15, 0.2) is 0 Å². The molecule has 2 rings (SSSR count). The van der Waals surface area contributed by atoms with Gasteiger partial charge in [-0.15, -0.1) is 0 Å². The molecular formula is C12H23N3O. The van der Waals surface area contributed by atoms with Crippen molar-refractivity contribution in [1.29, 1.82) is 0 Å². The van der Waals surface area contributed by atoms with Crippen LogP contribution in [0.25, 0.3) is 0 Å². The molecule has 0 radical (unpaired) electrons. The molecule has 1 amide bonds. The first-order valence-electron chi connectivity index (χ1n) is 6.51. The summed E-state index contributed by atoms with van der Waals surface area (Å²) >= 11 is 0. The average Bonchev–Trinajstić information content (AvgIpc) is 2.95. The van der Waals surface area contributed by atoms with E-state index in [2.05, 4.69) is 22.5 Å². The molecule has 0 unspecified atom stereocenters. The first-order valence-corrected chi connectivity index (χ1v) is 6.51. The predicted octanol–water partition coefficient (Wildman–Crippen LogP) is 0.196. The van der Waals surface area contributed by atoms with Gasteiger partial charge in [0.1, 0.15) is 0 Å². The van der Waals surface area contributed by atoms with Crippen molar-refractivity contribution in [3.05, 3.63) is 0 Å². The highest BCUT2D eigenvalue weighted by atomic mass is 16.2. The summed E-state index contributed by atoms with van der Waals surface area (Å²) in [6.45, 7) is 6.74. The van der Waals surface area contributed by atoms with Crippen molar-refractivity contribution < 1.29 is 4.79 Å². The van der Waals surface area contributed by atoms with E-state index in [4.69, 9.17) is 0 Å². The first kappa shape index (κ1) is 11.9. The Hall–Kier alpha value is -0.610. The topological polar surface area (TPSA) is 44.4 Å². The summed E-state index contributed by atoms with van der Waals surface area (Å²) in [6, 6.07) is 0.576. The summed E-state index contributed by atoms with van der Waals surface area (Å²) in [5, 5.41) is 6.30. The van der Waals surface area contributed by atoms with Crippen molar-refractivity contribution >= 4 is 5.91 Å². The number of nitrogens with zero attached hydrogens (tertiary/aromatic N) is 1. The molecule has 4 nitrogen and oxygen atoms in total. The molecule has 16 heavy (non-hydrogen) atoms. The Kier molecular flexibility index (Phi) is 4.18. The van der Waals surface area contributed by atoms with Crippen LogP contribution in [0.1, 0.15) is 26.2 Å². The van der Waals surface area contributed by atoms with Gasteiger partial charge in [-0.1, -0.05) is 6.92 Å². The molecule has 92 valence electrons. The Morgan fingerprint density at radius 2 is 2.19 bits per heavy atom. The second-order valence-electron chi connectivity index (χ2n) is 5.03. The van der Waals surface area contributed by atoms with Crippen molar-refractivity contribution in [2.75, 3.05) is 32.7 Å². The van der Waals surface area contributed by atoms with Crippen LogP contribution in [-0.4, -0.2) is 49.6 Å². The van der Waals surface area contributed by atoms with E-state index in [1.807, 2.05) is 0 Å². The zero-order valence-electron chi connectivity index (χ0n) is 10.2. The average molecular weight is 225 g/mol. The number of nitrogens with one attached hydrogen (secondary N) is 2. The maximum atomic E-state index is 11.7. The molecule has 0 bridgehead atoms. The lowest BCUT2D eigenvalue weighted by molar-refractivity contribution is -0.123. The molecule has 0 atom stereocenters. The Morgan fingerprint density at radius 1 is 1.44 bits per heavy atom. The van der Waals surface area contributed by atoms with Gasteiger partial charge in [-0.2, -0.15) is 0 Å². The van der Waals surface area contributed by atoms with E-state index in [0.717, 1.165) is 38.5 Å². The third-order valence-electron chi connectivity index (χ3n) is 3.42. The van der Waals surface area contributed by atoms with Gasteiger partial charge in [0.25, 0.3) is 0 Å². The summed E-state index contributed by atoms with van der Waals surface area (Å²) in [5.41, 5.74) is 0. The van der Waals surface area contributed by atoms with E-state index in [1.165, 1.54) is 12.8 Å². The fourth-order valence-electron chi connectivity index (χ4n) is 2.03. The zero-order chi connectivity index (χ0) is 11.4. The van der Waals surface area contributed by atoms with Crippen LogP contribution in [-0.2, 0) is 4.79 Å². The number of hydrogen-bond donors (Lipinski definition) is 2. The summed E-state index contributed by atoms with van der Waals surface area (Å²) < 4.78 is 0. The fourth-order valence-corrected chi connectivity index (χ4v) is 2.03. The highest BCUT2D eigenvalue weighted by molar-refractivity contribution is 5.78. The van der Waals surface area contributed by atoms with Gasteiger partial charge >= 0.3 is 0 Å². The summed E-state index contributed by atoms with van der Waals surface area (Å²) in [6.07, 6.45) is 3.71. The van der Waals surface area contributed by atoms with Crippen molar-refractivity contribution in [3.8, 4) is 0 Å². The number of hydrogen-bond acceptors (Lipinski definition) is 3. The number of rotatable bonds is 7. The minimum absolute atomic E-state index is 0.201. The molecule has 2 N–H and O–H groups in total. The number of carbonyl (C=O) groups is 1. The lowest BCUT2D eigenvalue weighted by Gasteiger charge is -2.37. The largest absolute Gasteiger partial charge is 0.355 e. The first-order chi connectivity index (χ1) is 7.79. The minimum atomic E-state index is 0.201. The SMILES string of the molecule is CCCN(CC(=O)NCC1CC1)C1CNC1. The molecule has 1 heterocycles. The zero-order valence-corrected chi connectivity index (χ0v) is 10.2. The summed E-state index contributed by atoms with van der Waals surface area (Å²) in [5.74, 6) is 0.973. The summed E-state index contributed by atoms with van der Waals surface area (Å²) in [4.78, 5) is 14.0. The molecule has 0 spiro atoms. The second-order valence-corrected chi connectivity index (χ2v) is 5.03. The van der Waals surface area contributed by atoms with Gasteiger partial charge < -0.3 is 10.6 Å². The highest BCUT2D eigenvalue weighted by Gasteiger charge is 2.26. The second kappa shape index (κ2) is 5.64. The molecular weight excluding hydrogens is 202 g/mol.